The summed E-state index contributed by atoms with van der Waals surface area (Å²) in [5.41, 5.74) is 0. The SMILES string of the molecule is CN(F)[SH]1(C)(C)CC1. The Hall–Kier alpha value is 0.240. The van der Waals surface area contributed by atoms with Gasteiger partial charge in [-0.2, -0.15) is 0 Å². The molecule has 0 radical (unpaired) electrons. The van der Waals surface area contributed by atoms with Crippen molar-refractivity contribution in [2.75, 3.05) is 31.1 Å². The average Bonchev–Trinajstić information content (AvgIpc) is 2.18. The fourth-order valence-corrected chi connectivity index (χ4v) is 3.03. The molecular weight excluding hydrogens is 125 g/mol. The molecule has 0 atom stereocenters. The predicted molar refractivity (Wildman–Crippen MR) is 39.4 cm³/mol. The third kappa shape index (κ3) is 0.738. The van der Waals surface area contributed by atoms with Gasteiger partial charge in [0.2, 0.25) is 0 Å². The first-order chi connectivity index (χ1) is 3.44. The molecule has 0 aliphatic carbocycles. The maximum absolute atomic E-state index is 12.5. The summed E-state index contributed by atoms with van der Waals surface area (Å²) in [7, 11) is -0.221. The summed E-state index contributed by atoms with van der Waals surface area (Å²) < 4.78 is 13.5. The quantitative estimate of drug-likeness (QED) is 0.323. The average molecular weight is 139 g/mol. The molecule has 1 nitrogen and oxygen atoms in total. The molecule has 1 heterocycles. The van der Waals surface area contributed by atoms with Gasteiger partial charge in [-0.1, -0.05) is 0 Å². The molecule has 1 aliphatic heterocycles. The van der Waals surface area contributed by atoms with Gasteiger partial charge < -0.3 is 0 Å². The lowest BCUT2D eigenvalue weighted by Crippen LogP contribution is -2.14. The van der Waals surface area contributed by atoms with Crippen LogP contribution >= 0.6 is 9.35 Å². The molecular formula is C5H14FNS. The molecule has 8 heavy (non-hydrogen) atoms. The van der Waals surface area contributed by atoms with Crippen LogP contribution in [0.2, 0.25) is 0 Å². The second kappa shape index (κ2) is 1.21. The van der Waals surface area contributed by atoms with Gasteiger partial charge in [-0.05, 0) is 24.0 Å². The molecule has 0 aromatic carbocycles. The Bertz CT molecular complexity index is 114. The highest BCUT2D eigenvalue weighted by molar-refractivity contribution is 8.52. The number of thiol groups is 1. The van der Waals surface area contributed by atoms with E-state index in [9.17, 15) is 4.48 Å². The lowest BCUT2D eigenvalue weighted by Gasteiger charge is -2.38. The predicted octanol–water partition coefficient (Wildman–Crippen LogP) is 1.06. The largest absolute Gasteiger partial charge is 0.223 e. The highest BCUT2D eigenvalue weighted by atomic mass is 32.3. The number of rotatable bonds is 1. The van der Waals surface area contributed by atoms with Crippen LogP contribution in [0, 0.1) is 0 Å². The number of halogens is 1. The van der Waals surface area contributed by atoms with E-state index < -0.39 is 9.35 Å². The van der Waals surface area contributed by atoms with Crippen molar-refractivity contribution in [2.45, 2.75) is 0 Å². The highest BCUT2D eigenvalue weighted by Crippen LogP contribution is 2.77. The Labute approximate surface area is 50.2 Å². The normalized spacial score (nSPS) is 35.9. The third-order valence-corrected chi connectivity index (χ3v) is 6.78. The Balaban J connectivity index is 2.67. The van der Waals surface area contributed by atoms with Gasteiger partial charge in [0, 0.05) is 7.05 Å². The van der Waals surface area contributed by atoms with Gasteiger partial charge in [0.15, 0.2) is 0 Å². The maximum Gasteiger partial charge on any atom is 0.0259 e. The van der Waals surface area contributed by atoms with Crippen molar-refractivity contribution < 1.29 is 4.48 Å². The fraction of sp³-hybridized carbons (Fsp3) is 1.00. The summed E-state index contributed by atoms with van der Waals surface area (Å²) >= 11 is 0. The van der Waals surface area contributed by atoms with E-state index in [-0.39, 0.29) is 0 Å². The van der Waals surface area contributed by atoms with Crippen molar-refractivity contribution in [3.63, 3.8) is 0 Å². The molecule has 0 N–H and O–H groups in total. The minimum atomic E-state index is -1.77. The van der Waals surface area contributed by atoms with Crippen molar-refractivity contribution in [1.82, 2.24) is 4.53 Å². The summed E-state index contributed by atoms with van der Waals surface area (Å²) in [6.45, 7) is 0. The van der Waals surface area contributed by atoms with E-state index >= 15 is 0 Å². The van der Waals surface area contributed by atoms with Gasteiger partial charge in [-0.25, -0.2) is 9.35 Å². The molecule has 0 saturated carbocycles. The van der Waals surface area contributed by atoms with E-state index in [1.54, 1.807) is 7.05 Å². The second-order valence-corrected chi connectivity index (χ2v) is 10.2. The van der Waals surface area contributed by atoms with Gasteiger partial charge in [0.25, 0.3) is 0 Å². The molecule has 0 amide bonds. The van der Waals surface area contributed by atoms with Crippen molar-refractivity contribution >= 4 is 9.35 Å². The monoisotopic (exact) mass is 139 g/mol. The van der Waals surface area contributed by atoms with Gasteiger partial charge >= 0.3 is 0 Å². The third-order valence-electron chi connectivity index (χ3n) is 2.26. The first-order valence-corrected chi connectivity index (χ1v) is 6.30. The molecule has 0 unspecified atom stereocenters. The van der Waals surface area contributed by atoms with Crippen LogP contribution in [0.5, 0.6) is 0 Å². The Morgan fingerprint density at radius 1 is 1.38 bits per heavy atom. The molecule has 0 spiro atoms. The van der Waals surface area contributed by atoms with Crippen LogP contribution in [-0.4, -0.2) is 35.6 Å². The van der Waals surface area contributed by atoms with E-state index in [1.807, 2.05) is 0 Å². The second-order valence-electron chi connectivity index (χ2n) is 3.51. The van der Waals surface area contributed by atoms with E-state index in [2.05, 4.69) is 12.5 Å². The van der Waals surface area contributed by atoms with Crippen LogP contribution in [0.1, 0.15) is 0 Å². The van der Waals surface area contributed by atoms with E-state index in [1.165, 1.54) is 0 Å². The van der Waals surface area contributed by atoms with Crippen LogP contribution in [0.25, 0.3) is 0 Å². The van der Waals surface area contributed by atoms with Crippen LogP contribution < -0.4 is 0 Å². The van der Waals surface area contributed by atoms with Crippen molar-refractivity contribution in [1.29, 1.82) is 0 Å². The van der Waals surface area contributed by atoms with Gasteiger partial charge in [0.05, 0.1) is 0 Å². The van der Waals surface area contributed by atoms with Gasteiger partial charge in [0.1, 0.15) is 0 Å². The van der Waals surface area contributed by atoms with Crippen LogP contribution in [0.15, 0.2) is 0 Å². The zero-order chi connectivity index (χ0) is 6.44. The summed E-state index contributed by atoms with van der Waals surface area (Å²) in [4.78, 5) is 0. The van der Waals surface area contributed by atoms with Gasteiger partial charge in [-0.15, -0.1) is 9.01 Å². The number of hydrogen-bond acceptors (Lipinski definition) is 1. The lowest BCUT2D eigenvalue weighted by atomic mass is 11.0. The summed E-state index contributed by atoms with van der Waals surface area (Å²) in [5.74, 6) is 2.22. The highest BCUT2D eigenvalue weighted by Gasteiger charge is 2.48. The standard InChI is InChI=1S/C5H14FNS/c1-7(6)8(2,3)4-5-8/h8H,4-5H2,1-3H3. The van der Waals surface area contributed by atoms with Crippen molar-refractivity contribution in [3.05, 3.63) is 0 Å². The first kappa shape index (κ1) is 6.36. The molecule has 1 saturated heterocycles. The van der Waals surface area contributed by atoms with Crippen LogP contribution in [-0.2, 0) is 0 Å². The zero-order valence-electron chi connectivity index (χ0n) is 5.69. The van der Waals surface area contributed by atoms with Crippen LogP contribution in [0.4, 0.5) is 4.48 Å². The fourth-order valence-electron chi connectivity index (χ4n) is 0.520. The van der Waals surface area contributed by atoms with E-state index in [0.29, 0.717) is 0 Å². The number of nitrogens with zero attached hydrogens (tertiary/aromatic N) is 1. The molecule has 52 valence electrons. The Kier molecular flexibility index (Phi) is 0.965. The van der Waals surface area contributed by atoms with Gasteiger partial charge in [-0.3, -0.25) is 0 Å². The summed E-state index contributed by atoms with van der Waals surface area (Å²) in [6, 6.07) is 0. The van der Waals surface area contributed by atoms with Crippen molar-refractivity contribution in [2.24, 2.45) is 0 Å². The Morgan fingerprint density at radius 2 is 1.75 bits per heavy atom. The summed E-state index contributed by atoms with van der Waals surface area (Å²) in [5, 5.41) is 0. The maximum atomic E-state index is 12.5. The summed E-state index contributed by atoms with van der Waals surface area (Å²) in [6.07, 6.45) is 4.15. The molecule has 0 aromatic heterocycles. The minimum Gasteiger partial charge on any atom is -0.223 e. The molecule has 1 aliphatic rings. The smallest absolute Gasteiger partial charge is 0.0259 e. The molecule has 1 fully saturated rings. The molecule has 0 aromatic rings. The first-order valence-electron chi connectivity index (χ1n) is 2.84. The lowest BCUT2D eigenvalue weighted by molar-refractivity contribution is 0.192. The molecule has 3 heteroatoms. The zero-order valence-corrected chi connectivity index (χ0v) is 6.58. The van der Waals surface area contributed by atoms with E-state index in [4.69, 9.17) is 0 Å². The number of hydrogen-bond donors (Lipinski definition) is 1. The van der Waals surface area contributed by atoms with Crippen LogP contribution in [0.3, 0.4) is 0 Å². The molecule has 0 bridgehead atoms. The minimum absolute atomic E-state index is 0.950. The van der Waals surface area contributed by atoms with E-state index in [0.717, 1.165) is 16.0 Å². The topological polar surface area (TPSA) is 3.24 Å². The molecule has 1 rings (SSSR count). The Morgan fingerprint density at radius 3 is 1.75 bits per heavy atom. The van der Waals surface area contributed by atoms with Crippen molar-refractivity contribution in [3.8, 4) is 0 Å².